The summed E-state index contributed by atoms with van der Waals surface area (Å²) in [6.45, 7) is 6.44. The first-order valence-electron chi connectivity index (χ1n) is 7.87. The average molecular weight is 342 g/mol. The monoisotopic (exact) mass is 342 g/mol. The number of nitrogens with one attached hydrogen (secondary N) is 1. The van der Waals surface area contributed by atoms with Crippen LogP contribution in [0.25, 0.3) is 0 Å². The topological polar surface area (TPSA) is 86.7 Å². The van der Waals surface area contributed by atoms with Gasteiger partial charge in [-0.15, -0.1) is 0 Å². The summed E-state index contributed by atoms with van der Waals surface area (Å²) in [5, 5.41) is 9.16. The maximum atomic E-state index is 12.7. The Bertz CT molecular complexity index is 629. The van der Waals surface area contributed by atoms with E-state index in [9.17, 15) is 13.2 Å². The molecule has 0 aromatic heterocycles. The van der Waals surface area contributed by atoms with Gasteiger partial charge < -0.3 is 10.0 Å². The van der Waals surface area contributed by atoms with Crippen LogP contribution in [0, 0.1) is 6.92 Å². The second-order valence-electron chi connectivity index (χ2n) is 5.35. The number of aliphatic hydroxyl groups excluding tert-OH is 1. The van der Waals surface area contributed by atoms with E-state index in [0.29, 0.717) is 17.7 Å². The summed E-state index contributed by atoms with van der Waals surface area (Å²) >= 11 is 0. The molecule has 0 aliphatic rings. The highest BCUT2D eigenvalue weighted by Crippen LogP contribution is 2.18. The van der Waals surface area contributed by atoms with Crippen molar-refractivity contribution in [1.29, 1.82) is 0 Å². The van der Waals surface area contributed by atoms with Crippen LogP contribution in [0.15, 0.2) is 23.1 Å². The molecule has 1 aromatic rings. The molecule has 0 aliphatic carbocycles. The SMILES string of the molecule is CCCCN(CCO)C(=O)c1cc(S(=O)(=O)NCC)ccc1C. The molecule has 23 heavy (non-hydrogen) atoms. The minimum absolute atomic E-state index is 0.0766. The van der Waals surface area contributed by atoms with Gasteiger partial charge in [-0.1, -0.05) is 26.3 Å². The van der Waals surface area contributed by atoms with Gasteiger partial charge in [0.15, 0.2) is 0 Å². The van der Waals surface area contributed by atoms with Gasteiger partial charge in [-0.05, 0) is 31.0 Å². The molecular weight excluding hydrogens is 316 g/mol. The Morgan fingerprint density at radius 3 is 2.52 bits per heavy atom. The van der Waals surface area contributed by atoms with Gasteiger partial charge in [0.05, 0.1) is 11.5 Å². The summed E-state index contributed by atoms with van der Waals surface area (Å²) < 4.78 is 26.6. The van der Waals surface area contributed by atoms with Gasteiger partial charge in [0.25, 0.3) is 5.91 Å². The van der Waals surface area contributed by atoms with Crippen LogP contribution in [0.4, 0.5) is 0 Å². The Hall–Kier alpha value is -1.44. The van der Waals surface area contributed by atoms with E-state index in [0.717, 1.165) is 12.8 Å². The lowest BCUT2D eigenvalue weighted by atomic mass is 10.1. The van der Waals surface area contributed by atoms with Crippen molar-refractivity contribution in [3.05, 3.63) is 29.3 Å². The van der Waals surface area contributed by atoms with E-state index in [-0.39, 0.29) is 30.5 Å². The number of unbranched alkanes of at least 4 members (excludes halogenated alkanes) is 1. The number of hydrogen-bond donors (Lipinski definition) is 2. The zero-order valence-corrected chi connectivity index (χ0v) is 14.8. The number of carbonyl (C=O) groups excluding carboxylic acids is 1. The van der Waals surface area contributed by atoms with Crippen LogP contribution in [-0.2, 0) is 10.0 Å². The fourth-order valence-electron chi connectivity index (χ4n) is 2.23. The van der Waals surface area contributed by atoms with Crippen LogP contribution in [0.1, 0.15) is 42.6 Å². The van der Waals surface area contributed by atoms with E-state index < -0.39 is 10.0 Å². The number of carbonyl (C=O) groups is 1. The van der Waals surface area contributed by atoms with Crippen molar-refractivity contribution >= 4 is 15.9 Å². The quantitative estimate of drug-likeness (QED) is 0.712. The highest BCUT2D eigenvalue weighted by Gasteiger charge is 2.20. The molecule has 1 rings (SSSR count). The molecule has 0 radical (unpaired) electrons. The van der Waals surface area contributed by atoms with Gasteiger partial charge in [-0.2, -0.15) is 0 Å². The number of nitrogens with zero attached hydrogens (tertiary/aromatic N) is 1. The first-order valence-corrected chi connectivity index (χ1v) is 9.36. The molecule has 7 heteroatoms. The molecule has 1 aromatic carbocycles. The van der Waals surface area contributed by atoms with E-state index in [4.69, 9.17) is 5.11 Å². The van der Waals surface area contributed by atoms with E-state index in [1.807, 2.05) is 6.92 Å². The van der Waals surface area contributed by atoms with Crippen molar-refractivity contribution in [2.24, 2.45) is 0 Å². The van der Waals surface area contributed by atoms with Crippen LogP contribution in [-0.4, -0.2) is 50.6 Å². The zero-order valence-electron chi connectivity index (χ0n) is 14.0. The Labute approximate surface area is 138 Å². The smallest absolute Gasteiger partial charge is 0.254 e. The number of aryl methyl sites for hydroxylation is 1. The maximum absolute atomic E-state index is 12.7. The molecule has 0 saturated heterocycles. The third-order valence-electron chi connectivity index (χ3n) is 3.52. The average Bonchev–Trinajstić information content (AvgIpc) is 2.51. The highest BCUT2D eigenvalue weighted by atomic mass is 32.2. The minimum atomic E-state index is -3.61. The lowest BCUT2D eigenvalue weighted by molar-refractivity contribution is 0.0718. The molecule has 0 aliphatic heterocycles. The van der Waals surface area contributed by atoms with Crippen LogP contribution in [0.2, 0.25) is 0 Å². The Kier molecular flexibility index (Phi) is 7.67. The fourth-order valence-corrected chi connectivity index (χ4v) is 3.29. The van der Waals surface area contributed by atoms with Gasteiger partial charge in [-0.3, -0.25) is 4.79 Å². The molecular formula is C16H26N2O4S. The van der Waals surface area contributed by atoms with Crippen LogP contribution in [0.3, 0.4) is 0 Å². The van der Waals surface area contributed by atoms with E-state index in [1.165, 1.54) is 12.1 Å². The molecule has 0 spiro atoms. The molecule has 1 amide bonds. The molecule has 0 unspecified atom stereocenters. The lowest BCUT2D eigenvalue weighted by Gasteiger charge is -2.22. The van der Waals surface area contributed by atoms with Gasteiger partial charge >= 0.3 is 0 Å². The standard InChI is InChI=1S/C16H26N2O4S/c1-4-6-9-18(10-11-19)16(20)15-12-14(8-7-13(15)3)23(21,22)17-5-2/h7-8,12,17,19H,4-6,9-11H2,1-3H3. The van der Waals surface area contributed by atoms with E-state index >= 15 is 0 Å². The first kappa shape index (κ1) is 19.6. The molecule has 130 valence electrons. The number of benzene rings is 1. The number of hydrogen-bond acceptors (Lipinski definition) is 4. The summed E-state index contributed by atoms with van der Waals surface area (Å²) in [7, 11) is -3.61. The number of amides is 1. The molecule has 0 heterocycles. The van der Waals surface area contributed by atoms with Gasteiger partial charge in [0.2, 0.25) is 10.0 Å². The van der Waals surface area contributed by atoms with Crippen molar-refractivity contribution in [2.45, 2.75) is 38.5 Å². The summed E-state index contributed by atoms with van der Waals surface area (Å²) in [6.07, 6.45) is 1.77. The van der Waals surface area contributed by atoms with E-state index in [1.54, 1.807) is 24.8 Å². The van der Waals surface area contributed by atoms with Crippen molar-refractivity contribution in [3.8, 4) is 0 Å². The maximum Gasteiger partial charge on any atom is 0.254 e. The van der Waals surface area contributed by atoms with Crippen LogP contribution >= 0.6 is 0 Å². The van der Waals surface area contributed by atoms with E-state index in [2.05, 4.69) is 4.72 Å². The molecule has 2 N–H and O–H groups in total. The fraction of sp³-hybridized carbons (Fsp3) is 0.562. The first-order chi connectivity index (χ1) is 10.9. The Morgan fingerprint density at radius 2 is 1.96 bits per heavy atom. The van der Waals surface area contributed by atoms with Gasteiger partial charge in [0, 0.05) is 25.2 Å². The summed E-state index contributed by atoms with van der Waals surface area (Å²) in [6, 6.07) is 4.53. The predicted octanol–water partition coefficient (Wildman–Crippen LogP) is 1.53. The minimum Gasteiger partial charge on any atom is -0.395 e. The predicted molar refractivity (Wildman–Crippen MR) is 89.9 cm³/mol. The van der Waals surface area contributed by atoms with Gasteiger partial charge in [0.1, 0.15) is 0 Å². The Morgan fingerprint density at radius 1 is 1.26 bits per heavy atom. The van der Waals surface area contributed by atoms with Crippen LogP contribution < -0.4 is 4.72 Å². The number of rotatable bonds is 9. The third kappa shape index (κ3) is 5.30. The highest BCUT2D eigenvalue weighted by molar-refractivity contribution is 7.89. The lowest BCUT2D eigenvalue weighted by Crippen LogP contribution is -2.35. The summed E-state index contributed by atoms with van der Waals surface area (Å²) in [5.74, 6) is -0.251. The van der Waals surface area contributed by atoms with Crippen molar-refractivity contribution in [1.82, 2.24) is 9.62 Å². The van der Waals surface area contributed by atoms with Gasteiger partial charge in [-0.25, -0.2) is 13.1 Å². The largest absolute Gasteiger partial charge is 0.395 e. The van der Waals surface area contributed by atoms with Crippen LogP contribution in [0.5, 0.6) is 0 Å². The summed E-state index contributed by atoms with van der Waals surface area (Å²) in [4.78, 5) is 14.3. The molecule has 0 bridgehead atoms. The second kappa shape index (κ2) is 9.00. The van der Waals surface area contributed by atoms with Crippen molar-refractivity contribution in [2.75, 3.05) is 26.2 Å². The molecule has 0 atom stereocenters. The normalized spacial score (nSPS) is 11.5. The third-order valence-corrected chi connectivity index (χ3v) is 5.07. The number of sulfonamides is 1. The zero-order chi connectivity index (χ0) is 17.5. The van der Waals surface area contributed by atoms with Crippen molar-refractivity contribution in [3.63, 3.8) is 0 Å². The summed E-state index contributed by atoms with van der Waals surface area (Å²) in [5.41, 5.74) is 1.07. The Balaban J connectivity index is 3.16. The molecule has 6 nitrogen and oxygen atoms in total. The molecule has 0 saturated carbocycles. The number of aliphatic hydroxyl groups is 1. The molecule has 0 fully saturated rings. The second-order valence-corrected chi connectivity index (χ2v) is 7.11. The van der Waals surface area contributed by atoms with Crippen molar-refractivity contribution < 1.29 is 18.3 Å².